The summed E-state index contributed by atoms with van der Waals surface area (Å²) in [6, 6.07) is -0.252. The van der Waals surface area contributed by atoms with Crippen molar-refractivity contribution in [2.24, 2.45) is 34.5 Å². The Morgan fingerprint density at radius 1 is 1.03 bits per heavy atom. The first-order valence-corrected chi connectivity index (χ1v) is 12.1. The molecule has 4 aliphatic carbocycles. The number of nitrogens with one attached hydrogen (secondary N) is 1. The Labute approximate surface area is 181 Å². The topological polar surface area (TPSA) is 66.5 Å². The second kappa shape index (κ2) is 7.80. The smallest absolute Gasteiger partial charge is 0.324 e. The van der Waals surface area contributed by atoms with E-state index in [1.807, 2.05) is 19.9 Å². The minimum Gasteiger partial charge on any atom is -0.325 e. The highest BCUT2D eigenvalue weighted by Gasteiger charge is 2.60. The molecule has 0 aromatic rings. The summed E-state index contributed by atoms with van der Waals surface area (Å²) in [5.74, 6) is 1.98. The van der Waals surface area contributed by atoms with Crippen LogP contribution in [0.1, 0.15) is 79.1 Å². The Hall–Kier alpha value is -1.65. The van der Waals surface area contributed by atoms with Crippen molar-refractivity contribution in [3.05, 3.63) is 11.6 Å². The summed E-state index contributed by atoms with van der Waals surface area (Å²) in [5.41, 5.74) is 1.54. The van der Waals surface area contributed by atoms with Gasteiger partial charge in [-0.2, -0.15) is 0 Å². The van der Waals surface area contributed by atoms with E-state index in [4.69, 9.17) is 0 Å². The zero-order valence-corrected chi connectivity index (χ0v) is 19.1. The van der Waals surface area contributed by atoms with Crippen LogP contribution in [0.15, 0.2) is 11.6 Å². The fourth-order valence-corrected chi connectivity index (χ4v) is 7.77. The standard InChI is InChI=1S/C25H38N2O3/c1-5-27(6-2)23(30)26-22(29)21-10-9-19-18-8-7-16-15-17(28)11-13-24(16,3)20(18)12-14-25(19,21)4/h15,18-21H,5-14H2,1-4H3,(H,26,29,30)/t18?,19?,20?,21?,24-,25-/m0/s1. The lowest BCUT2D eigenvalue weighted by Gasteiger charge is -2.58. The van der Waals surface area contributed by atoms with E-state index in [1.165, 1.54) is 5.57 Å². The van der Waals surface area contributed by atoms with Crippen LogP contribution in [0.25, 0.3) is 0 Å². The fraction of sp³-hybridized carbons (Fsp3) is 0.800. The number of allylic oxidation sites excluding steroid dienone is 1. The highest BCUT2D eigenvalue weighted by molar-refractivity contribution is 5.96. The Balaban J connectivity index is 1.52. The van der Waals surface area contributed by atoms with Crippen LogP contribution in [0.3, 0.4) is 0 Å². The zero-order valence-electron chi connectivity index (χ0n) is 19.1. The quantitative estimate of drug-likeness (QED) is 0.727. The number of ketones is 1. The summed E-state index contributed by atoms with van der Waals surface area (Å²) >= 11 is 0. The van der Waals surface area contributed by atoms with Gasteiger partial charge < -0.3 is 4.90 Å². The molecule has 0 heterocycles. The molecule has 0 saturated heterocycles. The maximum atomic E-state index is 13.1. The molecule has 1 N–H and O–H groups in total. The van der Waals surface area contributed by atoms with Gasteiger partial charge in [0, 0.05) is 25.4 Å². The molecule has 0 aromatic heterocycles. The number of carbonyl (C=O) groups excluding carboxylic acids is 3. The number of urea groups is 1. The van der Waals surface area contributed by atoms with Crippen molar-refractivity contribution >= 4 is 17.7 Å². The van der Waals surface area contributed by atoms with Gasteiger partial charge in [0.1, 0.15) is 0 Å². The van der Waals surface area contributed by atoms with E-state index in [-0.39, 0.29) is 28.7 Å². The molecule has 0 radical (unpaired) electrons. The molecule has 4 unspecified atom stereocenters. The summed E-state index contributed by atoms with van der Waals surface area (Å²) in [7, 11) is 0. The van der Waals surface area contributed by atoms with Crippen molar-refractivity contribution in [1.82, 2.24) is 10.2 Å². The molecule has 30 heavy (non-hydrogen) atoms. The lowest BCUT2D eigenvalue weighted by Crippen LogP contribution is -2.53. The number of hydrogen-bond acceptors (Lipinski definition) is 3. The molecule has 3 amide bonds. The first-order valence-electron chi connectivity index (χ1n) is 12.1. The van der Waals surface area contributed by atoms with Gasteiger partial charge in [0.05, 0.1) is 0 Å². The van der Waals surface area contributed by atoms with Crippen LogP contribution >= 0.6 is 0 Å². The van der Waals surface area contributed by atoms with E-state index in [0.29, 0.717) is 43.0 Å². The van der Waals surface area contributed by atoms with Gasteiger partial charge in [0.2, 0.25) is 5.91 Å². The van der Waals surface area contributed by atoms with Crippen LogP contribution < -0.4 is 5.32 Å². The van der Waals surface area contributed by atoms with Crippen molar-refractivity contribution in [2.75, 3.05) is 13.1 Å². The van der Waals surface area contributed by atoms with Crippen LogP contribution in [-0.4, -0.2) is 35.7 Å². The Bertz CT molecular complexity index is 770. The zero-order chi connectivity index (χ0) is 21.7. The second-order valence-corrected chi connectivity index (χ2v) is 10.6. The molecule has 4 aliphatic rings. The Morgan fingerprint density at radius 2 is 1.77 bits per heavy atom. The lowest BCUT2D eigenvalue weighted by atomic mass is 9.47. The van der Waals surface area contributed by atoms with Crippen LogP contribution in [0, 0.1) is 34.5 Å². The third-order valence-corrected chi connectivity index (χ3v) is 9.56. The molecule has 0 spiro atoms. The number of carbonyl (C=O) groups is 3. The molecule has 5 heteroatoms. The molecule has 3 fully saturated rings. The molecule has 3 saturated carbocycles. The van der Waals surface area contributed by atoms with Gasteiger partial charge in [0.15, 0.2) is 5.78 Å². The second-order valence-electron chi connectivity index (χ2n) is 10.6. The van der Waals surface area contributed by atoms with Crippen molar-refractivity contribution in [2.45, 2.75) is 79.1 Å². The first-order chi connectivity index (χ1) is 14.2. The van der Waals surface area contributed by atoms with E-state index in [9.17, 15) is 14.4 Å². The van der Waals surface area contributed by atoms with Gasteiger partial charge in [-0.15, -0.1) is 0 Å². The summed E-state index contributed by atoms with van der Waals surface area (Å²) < 4.78 is 0. The summed E-state index contributed by atoms with van der Waals surface area (Å²) in [6.45, 7) is 9.80. The number of rotatable bonds is 3. The minimum atomic E-state index is -0.252. The van der Waals surface area contributed by atoms with Crippen LogP contribution in [0.4, 0.5) is 4.79 Å². The number of imide groups is 1. The maximum absolute atomic E-state index is 13.1. The summed E-state index contributed by atoms with van der Waals surface area (Å²) in [6.07, 6.45) is 9.97. The normalized spacial score (nSPS) is 40.0. The van der Waals surface area contributed by atoms with E-state index in [0.717, 1.165) is 44.9 Å². The van der Waals surface area contributed by atoms with Crippen molar-refractivity contribution in [1.29, 1.82) is 0 Å². The van der Waals surface area contributed by atoms with Gasteiger partial charge in [-0.1, -0.05) is 19.4 Å². The largest absolute Gasteiger partial charge is 0.325 e. The van der Waals surface area contributed by atoms with Crippen molar-refractivity contribution in [3.8, 4) is 0 Å². The van der Waals surface area contributed by atoms with Gasteiger partial charge in [-0.3, -0.25) is 14.9 Å². The molecule has 4 rings (SSSR count). The number of amides is 3. The average Bonchev–Trinajstić information content (AvgIpc) is 3.06. The molecular weight excluding hydrogens is 376 g/mol. The van der Waals surface area contributed by atoms with Gasteiger partial charge >= 0.3 is 6.03 Å². The molecular formula is C25H38N2O3. The number of fused-ring (bicyclic) bond motifs is 5. The van der Waals surface area contributed by atoms with Crippen LogP contribution in [-0.2, 0) is 9.59 Å². The van der Waals surface area contributed by atoms with E-state index in [2.05, 4.69) is 19.2 Å². The predicted octanol–water partition coefficient (Wildman–Crippen LogP) is 4.71. The first kappa shape index (κ1) is 21.6. The minimum absolute atomic E-state index is 0.0170. The van der Waals surface area contributed by atoms with Crippen LogP contribution in [0.5, 0.6) is 0 Å². The van der Waals surface area contributed by atoms with Crippen LogP contribution in [0.2, 0.25) is 0 Å². The lowest BCUT2D eigenvalue weighted by molar-refractivity contribution is -0.131. The third-order valence-electron chi connectivity index (χ3n) is 9.56. The Kier molecular flexibility index (Phi) is 5.61. The third kappa shape index (κ3) is 3.23. The highest BCUT2D eigenvalue weighted by atomic mass is 16.2. The fourth-order valence-electron chi connectivity index (χ4n) is 7.77. The monoisotopic (exact) mass is 414 g/mol. The number of hydrogen-bond donors (Lipinski definition) is 1. The molecule has 0 aliphatic heterocycles. The van der Waals surface area contributed by atoms with E-state index >= 15 is 0 Å². The molecule has 5 nitrogen and oxygen atoms in total. The van der Waals surface area contributed by atoms with Gasteiger partial charge in [-0.05, 0) is 93.5 Å². The van der Waals surface area contributed by atoms with E-state index in [1.54, 1.807) is 4.90 Å². The number of nitrogens with zero attached hydrogens (tertiary/aromatic N) is 1. The predicted molar refractivity (Wildman–Crippen MR) is 117 cm³/mol. The van der Waals surface area contributed by atoms with Crippen molar-refractivity contribution < 1.29 is 14.4 Å². The summed E-state index contributed by atoms with van der Waals surface area (Å²) in [4.78, 5) is 39.3. The highest BCUT2D eigenvalue weighted by Crippen LogP contribution is 2.66. The average molecular weight is 415 g/mol. The molecule has 6 atom stereocenters. The molecule has 0 bridgehead atoms. The van der Waals surface area contributed by atoms with Crippen molar-refractivity contribution in [3.63, 3.8) is 0 Å². The molecule has 0 aromatic carbocycles. The Morgan fingerprint density at radius 3 is 2.47 bits per heavy atom. The molecule has 166 valence electrons. The van der Waals surface area contributed by atoms with Gasteiger partial charge in [-0.25, -0.2) is 4.79 Å². The summed E-state index contributed by atoms with van der Waals surface area (Å²) in [5, 5.41) is 2.71. The van der Waals surface area contributed by atoms with Gasteiger partial charge in [0.25, 0.3) is 0 Å². The van der Waals surface area contributed by atoms with E-state index < -0.39 is 0 Å². The SMILES string of the molecule is CCN(CC)C(=O)NC(=O)C1CCC2C3CCC4=CC(=O)CC[C@]4(C)C3CC[C@]12C. The maximum Gasteiger partial charge on any atom is 0.324 e.